The number of hydrogen-bond donors (Lipinski definition) is 1. The molecule has 1 aromatic heterocycles. The fourth-order valence-corrected chi connectivity index (χ4v) is 3.69. The lowest BCUT2D eigenvalue weighted by molar-refractivity contribution is -0.129. The van der Waals surface area contributed by atoms with Crippen LogP contribution in [0, 0.1) is 5.92 Å². The van der Waals surface area contributed by atoms with Crippen molar-refractivity contribution < 1.29 is 9.59 Å². The zero-order chi connectivity index (χ0) is 16.8. The molecule has 0 bridgehead atoms. The van der Waals surface area contributed by atoms with Crippen molar-refractivity contribution in [1.82, 2.24) is 10.2 Å². The molecular weight excluding hydrogens is 320 g/mol. The van der Waals surface area contributed by atoms with Crippen LogP contribution in [0.1, 0.15) is 16.9 Å². The van der Waals surface area contributed by atoms with Gasteiger partial charge in [-0.2, -0.15) is 0 Å². The first-order valence-corrected chi connectivity index (χ1v) is 9.22. The molecule has 2 aromatic rings. The third-order valence-electron chi connectivity index (χ3n) is 4.35. The molecule has 3 rings (SSSR count). The summed E-state index contributed by atoms with van der Waals surface area (Å²) >= 11 is 1.70. The van der Waals surface area contributed by atoms with Gasteiger partial charge in [0.15, 0.2) is 0 Å². The summed E-state index contributed by atoms with van der Waals surface area (Å²) in [4.78, 5) is 27.5. The Hall–Kier alpha value is -2.14. The van der Waals surface area contributed by atoms with Crippen LogP contribution >= 0.6 is 11.3 Å². The average molecular weight is 342 g/mol. The van der Waals surface area contributed by atoms with E-state index in [1.807, 2.05) is 34.5 Å². The Morgan fingerprint density at radius 3 is 2.75 bits per heavy atom. The second-order valence-electron chi connectivity index (χ2n) is 6.10. The van der Waals surface area contributed by atoms with E-state index >= 15 is 0 Å². The number of thiophene rings is 1. The topological polar surface area (TPSA) is 49.4 Å². The van der Waals surface area contributed by atoms with Gasteiger partial charge in [-0.1, -0.05) is 36.4 Å². The van der Waals surface area contributed by atoms with E-state index in [1.54, 1.807) is 11.3 Å². The minimum Gasteiger partial charge on any atom is -0.355 e. The highest BCUT2D eigenvalue weighted by molar-refractivity contribution is 7.09. The SMILES string of the molecule is O=C(NCCc1cccs1)[C@@H]1CC(=O)N(CCc2ccccc2)C1. The lowest BCUT2D eigenvalue weighted by Crippen LogP contribution is -2.34. The predicted octanol–water partition coefficient (Wildman–Crippen LogP) is 2.50. The number of likely N-dealkylation sites (tertiary alicyclic amines) is 1. The van der Waals surface area contributed by atoms with E-state index in [-0.39, 0.29) is 17.7 Å². The number of nitrogens with one attached hydrogen (secondary N) is 1. The Morgan fingerprint density at radius 1 is 1.17 bits per heavy atom. The summed E-state index contributed by atoms with van der Waals surface area (Å²) in [5.41, 5.74) is 1.22. The molecule has 1 aliphatic heterocycles. The fourth-order valence-electron chi connectivity index (χ4n) is 2.98. The molecule has 126 valence electrons. The highest BCUT2D eigenvalue weighted by Gasteiger charge is 2.33. The smallest absolute Gasteiger partial charge is 0.225 e. The molecule has 24 heavy (non-hydrogen) atoms. The van der Waals surface area contributed by atoms with Gasteiger partial charge in [-0.3, -0.25) is 9.59 Å². The maximum Gasteiger partial charge on any atom is 0.225 e. The molecule has 5 heteroatoms. The van der Waals surface area contributed by atoms with Crippen molar-refractivity contribution in [3.63, 3.8) is 0 Å². The van der Waals surface area contributed by atoms with E-state index in [9.17, 15) is 9.59 Å². The number of benzene rings is 1. The highest BCUT2D eigenvalue weighted by atomic mass is 32.1. The van der Waals surface area contributed by atoms with Gasteiger partial charge >= 0.3 is 0 Å². The molecule has 1 aromatic carbocycles. The third kappa shape index (κ3) is 4.45. The standard InChI is InChI=1S/C19H22N2O2S/c22-18-13-16(19(23)20-10-8-17-7-4-12-24-17)14-21(18)11-9-15-5-2-1-3-6-15/h1-7,12,16H,8-11,13-14H2,(H,20,23)/t16-/m1/s1. The van der Waals surface area contributed by atoms with E-state index in [1.165, 1.54) is 10.4 Å². The van der Waals surface area contributed by atoms with Crippen LogP contribution in [0.15, 0.2) is 47.8 Å². The first-order valence-electron chi connectivity index (χ1n) is 8.34. The second kappa shape index (κ2) is 8.11. The molecule has 1 fully saturated rings. The normalized spacial score (nSPS) is 17.2. The summed E-state index contributed by atoms with van der Waals surface area (Å²) in [6.07, 6.45) is 2.01. The van der Waals surface area contributed by atoms with Crippen LogP contribution in [-0.4, -0.2) is 36.3 Å². The Balaban J connectivity index is 1.42. The Bertz CT molecular complexity index is 670. The van der Waals surface area contributed by atoms with Crippen molar-refractivity contribution in [3.8, 4) is 0 Å². The number of amides is 2. The van der Waals surface area contributed by atoms with Crippen LogP contribution in [-0.2, 0) is 22.4 Å². The summed E-state index contributed by atoms with van der Waals surface area (Å²) in [5, 5.41) is 5.01. The van der Waals surface area contributed by atoms with Crippen LogP contribution in [0.25, 0.3) is 0 Å². The van der Waals surface area contributed by atoms with Crippen LogP contribution < -0.4 is 5.32 Å². The lowest BCUT2D eigenvalue weighted by atomic mass is 10.1. The molecule has 0 saturated carbocycles. The van der Waals surface area contributed by atoms with Crippen molar-refractivity contribution in [2.75, 3.05) is 19.6 Å². The molecule has 4 nitrogen and oxygen atoms in total. The largest absolute Gasteiger partial charge is 0.355 e. The van der Waals surface area contributed by atoms with Crippen molar-refractivity contribution in [3.05, 3.63) is 58.3 Å². The molecule has 0 unspecified atom stereocenters. The van der Waals surface area contributed by atoms with Gasteiger partial charge in [-0.25, -0.2) is 0 Å². The van der Waals surface area contributed by atoms with Crippen molar-refractivity contribution in [2.45, 2.75) is 19.3 Å². The van der Waals surface area contributed by atoms with Gasteiger partial charge in [0, 0.05) is 30.9 Å². The third-order valence-corrected chi connectivity index (χ3v) is 5.29. The minimum atomic E-state index is -0.211. The molecule has 1 N–H and O–H groups in total. The van der Waals surface area contributed by atoms with Gasteiger partial charge in [-0.05, 0) is 29.9 Å². The average Bonchev–Trinajstić information content (AvgIpc) is 3.24. The quantitative estimate of drug-likeness (QED) is 0.840. The summed E-state index contributed by atoms with van der Waals surface area (Å²) in [7, 11) is 0. The number of rotatable bonds is 7. The van der Waals surface area contributed by atoms with Gasteiger partial charge in [-0.15, -0.1) is 11.3 Å². The van der Waals surface area contributed by atoms with Gasteiger partial charge in [0.2, 0.25) is 11.8 Å². The number of nitrogens with zero attached hydrogens (tertiary/aromatic N) is 1. The second-order valence-corrected chi connectivity index (χ2v) is 7.13. The minimum absolute atomic E-state index is 0.00196. The number of carbonyl (C=O) groups excluding carboxylic acids is 2. The molecule has 1 atom stereocenters. The lowest BCUT2D eigenvalue weighted by Gasteiger charge is -2.16. The summed E-state index contributed by atoms with van der Waals surface area (Å²) < 4.78 is 0. The fraction of sp³-hybridized carbons (Fsp3) is 0.368. The van der Waals surface area contributed by atoms with Crippen molar-refractivity contribution in [1.29, 1.82) is 0 Å². The highest BCUT2D eigenvalue weighted by Crippen LogP contribution is 2.18. The van der Waals surface area contributed by atoms with E-state index in [4.69, 9.17) is 0 Å². The van der Waals surface area contributed by atoms with Gasteiger partial charge < -0.3 is 10.2 Å². The molecule has 0 radical (unpaired) electrons. The maximum atomic E-state index is 12.3. The van der Waals surface area contributed by atoms with Gasteiger partial charge in [0.05, 0.1) is 5.92 Å². The first kappa shape index (κ1) is 16.7. The number of carbonyl (C=O) groups is 2. The predicted molar refractivity (Wildman–Crippen MR) is 95.9 cm³/mol. The molecule has 1 aliphatic rings. The van der Waals surface area contributed by atoms with E-state index < -0.39 is 0 Å². The molecule has 0 spiro atoms. The van der Waals surface area contributed by atoms with Gasteiger partial charge in [0.25, 0.3) is 0 Å². The summed E-state index contributed by atoms with van der Waals surface area (Å²) in [6, 6.07) is 14.2. The van der Waals surface area contributed by atoms with E-state index in [2.05, 4.69) is 23.5 Å². The zero-order valence-electron chi connectivity index (χ0n) is 13.6. The maximum absolute atomic E-state index is 12.3. The molecule has 0 aliphatic carbocycles. The number of hydrogen-bond acceptors (Lipinski definition) is 3. The molecule has 1 saturated heterocycles. The Kier molecular flexibility index (Phi) is 5.64. The molecule has 2 heterocycles. The Labute approximate surface area is 146 Å². The van der Waals surface area contributed by atoms with Crippen molar-refractivity contribution >= 4 is 23.2 Å². The van der Waals surface area contributed by atoms with Crippen LogP contribution in [0.5, 0.6) is 0 Å². The van der Waals surface area contributed by atoms with E-state index in [0.717, 1.165) is 12.8 Å². The van der Waals surface area contributed by atoms with E-state index in [0.29, 0.717) is 26.1 Å². The molecule has 2 amide bonds. The first-order chi connectivity index (χ1) is 11.7. The summed E-state index contributed by atoms with van der Waals surface area (Å²) in [6.45, 7) is 1.85. The van der Waals surface area contributed by atoms with Crippen LogP contribution in [0.2, 0.25) is 0 Å². The zero-order valence-corrected chi connectivity index (χ0v) is 14.4. The van der Waals surface area contributed by atoms with Crippen LogP contribution in [0.3, 0.4) is 0 Å². The Morgan fingerprint density at radius 2 is 2.00 bits per heavy atom. The molecular formula is C19H22N2O2S. The monoisotopic (exact) mass is 342 g/mol. The van der Waals surface area contributed by atoms with Crippen molar-refractivity contribution in [2.24, 2.45) is 5.92 Å². The van der Waals surface area contributed by atoms with Gasteiger partial charge in [0.1, 0.15) is 0 Å². The summed E-state index contributed by atoms with van der Waals surface area (Å²) in [5.74, 6) is -0.122. The van der Waals surface area contributed by atoms with Crippen LogP contribution in [0.4, 0.5) is 0 Å².